The number of amides is 1. The summed E-state index contributed by atoms with van der Waals surface area (Å²) in [6.45, 7) is 3.67. The Morgan fingerprint density at radius 1 is 1.29 bits per heavy atom. The lowest BCUT2D eigenvalue weighted by molar-refractivity contribution is 0.0953. The number of hydrazine groups is 1. The normalized spacial score (nSPS) is 10.7. The lowest BCUT2D eigenvalue weighted by Crippen LogP contribution is -2.30. The first-order chi connectivity index (χ1) is 10.1. The van der Waals surface area contributed by atoms with Crippen LogP contribution in [0.1, 0.15) is 27.2 Å². The molecule has 0 unspecified atom stereocenters. The maximum Gasteiger partial charge on any atom is 0.266 e. The first-order valence-electron chi connectivity index (χ1n) is 6.78. The van der Waals surface area contributed by atoms with Crippen LogP contribution < -0.4 is 11.3 Å². The summed E-state index contributed by atoms with van der Waals surface area (Å²) in [5, 5.41) is 0. The number of benzene rings is 1. The van der Waals surface area contributed by atoms with E-state index >= 15 is 0 Å². The summed E-state index contributed by atoms with van der Waals surface area (Å²) in [4.78, 5) is 17.8. The summed E-state index contributed by atoms with van der Waals surface area (Å²) in [6.07, 6.45) is 1.54. The molecule has 1 aromatic heterocycles. The van der Waals surface area contributed by atoms with Crippen LogP contribution >= 0.6 is 0 Å². The quantitative estimate of drug-likeness (QED) is 0.497. The molecule has 1 aromatic carbocycles. The standard InChI is InChI=1S/C16H20N4O/c1-12-4-3-5-13(8-12)10-20(2)11-15-7-6-14(9-18-15)16(21)19-17/h3-9H,10-11,17H2,1-2H3,(H,19,21). The molecule has 21 heavy (non-hydrogen) atoms. The van der Waals surface area contributed by atoms with Crippen molar-refractivity contribution in [3.05, 3.63) is 65.0 Å². The molecule has 0 aliphatic rings. The third-order valence-corrected chi connectivity index (χ3v) is 3.18. The average Bonchev–Trinajstić information content (AvgIpc) is 2.47. The molecule has 0 bridgehead atoms. The fourth-order valence-corrected chi connectivity index (χ4v) is 2.19. The fourth-order valence-electron chi connectivity index (χ4n) is 2.19. The van der Waals surface area contributed by atoms with Gasteiger partial charge in [-0.3, -0.25) is 20.1 Å². The van der Waals surface area contributed by atoms with Crippen molar-refractivity contribution in [1.29, 1.82) is 0 Å². The number of rotatable bonds is 5. The van der Waals surface area contributed by atoms with E-state index in [0.29, 0.717) is 5.56 Å². The number of nitrogens with one attached hydrogen (secondary N) is 1. The van der Waals surface area contributed by atoms with Crippen molar-refractivity contribution in [3.8, 4) is 0 Å². The van der Waals surface area contributed by atoms with Crippen molar-refractivity contribution in [2.75, 3.05) is 7.05 Å². The van der Waals surface area contributed by atoms with Gasteiger partial charge in [-0.1, -0.05) is 29.8 Å². The molecule has 0 aliphatic carbocycles. The average molecular weight is 284 g/mol. The van der Waals surface area contributed by atoms with Gasteiger partial charge in [0.05, 0.1) is 11.3 Å². The van der Waals surface area contributed by atoms with E-state index < -0.39 is 0 Å². The number of aromatic nitrogens is 1. The molecule has 0 atom stereocenters. The van der Waals surface area contributed by atoms with Gasteiger partial charge in [0.15, 0.2) is 0 Å². The molecule has 0 spiro atoms. The number of carbonyl (C=O) groups excluding carboxylic acids is 1. The highest BCUT2D eigenvalue weighted by atomic mass is 16.2. The van der Waals surface area contributed by atoms with Crippen molar-refractivity contribution in [1.82, 2.24) is 15.3 Å². The van der Waals surface area contributed by atoms with Crippen LogP contribution in [0.3, 0.4) is 0 Å². The van der Waals surface area contributed by atoms with Gasteiger partial charge < -0.3 is 0 Å². The smallest absolute Gasteiger partial charge is 0.266 e. The van der Waals surface area contributed by atoms with Gasteiger partial charge in [0.1, 0.15) is 0 Å². The van der Waals surface area contributed by atoms with Crippen LogP contribution in [0.15, 0.2) is 42.6 Å². The number of pyridine rings is 1. The molecule has 0 radical (unpaired) electrons. The Labute approximate surface area is 124 Å². The number of hydrogen-bond acceptors (Lipinski definition) is 4. The maximum absolute atomic E-state index is 11.3. The van der Waals surface area contributed by atoms with Crippen LogP contribution in [0.5, 0.6) is 0 Å². The van der Waals surface area contributed by atoms with Crippen LogP contribution in [0.4, 0.5) is 0 Å². The van der Waals surface area contributed by atoms with Gasteiger partial charge in [-0.15, -0.1) is 0 Å². The van der Waals surface area contributed by atoms with E-state index in [9.17, 15) is 4.79 Å². The summed E-state index contributed by atoms with van der Waals surface area (Å²) in [5.74, 6) is 4.75. The van der Waals surface area contributed by atoms with E-state index in [0.717, 1.165) is 18.8 Å². The molecule has 5 nitrogen and oxygen atoms in total. The van der Waals surface area contributed by atoms with Crippen molar-refractivity contribution in [3.63, 3.8) is 0 Å². The number of nitrogen functional groups attached to an aromatic ring is 1. The highest BCUT2D eigenvalue weighted by Crippen LogP contribution is 2.09. The SMILES string of the molecule is Cc1cccc(CN(C)Cc2ccc(C(=O)NN)cn2)c1. The lowest BCUT2D eigenvalue weighted by Gasteiger charge is -2.16. The number of aryl methyl sites for hydroxylation is 1. The zero-order chi connectivity index (χ0) is 15.2. The van der Waals surface area contributed by atoms with Crippen LogP contribution in [0, 0.1) is 6.92 Å². The third-order valence-electron chi connectivity index (χ3n) is 3.18. The molecule has 1 heterocycles. The van der Waals surface area contributed by atoms with Gasteiger partial charge in [0.25, 0.3) is 5.91 Å². The van der Waals surface area contributed by atoms with Gasteiger partial charge in [-0.2, -0.15) is 0 Å². The Kier molecular flexibility index (Phi) is 5.03. The molecule has 110 valence electrons. The van der Waals surface area contributed by atoms with Crippen molar-refractivity contribution >= 4 is 5.91 Å². The van der Waals surface area contributed by atoms with Crippen LogP contribution in [0.2, 0.25) is 0 Å². The highest BCUT2D eigenvalue weighted by Gasteiger charge is 2.06. The minimum Gasteiger partial charge on any atom is -0.296 e. The Balaban J connectivity index is 1.96. The van der Waals surface area contributed by atoms with Gasteiger partial charge in [-0.05, 0) is 31.7 Å². The van der Waals surface area contributed by atoms with Gasteiger partial charge >= 0.3 is 0 Å². The molecule has 1 amide bonds. The van der Waals surface area contributed by atoms with Crippen molar-refractivity contribution < 1.29 is 4.79 Å². The largest absolute Gasteiger partial charge is 0.296 e. The second-order valence-corrected chi connectivity index (χ2v) is 5.17. The number of carbonyl (C=O) groups is 1. The lowest BCUT2D eigenvalue weighted by atomic mass is 10.1. The van der Waals surface area contributed by atoms with E-state index in [2.05, 4.69) is 46.5 Å². The number of nitrogens with zero attached hydrogens (tertiary/aromatic N) is 2. The van der Waals surface area contributed by atoms with Crippen LogP contribution in [-0.2, 0) is 13.1 Å². The molecule has 2 aromatic rings. The molecule has 0 fully saturated rings. The maximum atomic E-state index is 11.3. The van der Waals surface area contributed by atoms with Crippen LogP contribution in [0.25, 0.3) is 0 Å². The molecular formula is C16H20N4O. The Hall–Kier alpha value is -2.24. The summed E-state index contributed by atoms with van der Waals surface area (Å²) in [7, 11) is 2.05. The Morgan fingerprint density at radius 3 is 2.71 bits per heavy atom. The Morgan fingerprint density at radius 2 is 2.10 bits per heavy atom. The van der Waals surface area contributed by atoms with E-state index in [1.807, 2.05) is 13.1 Å². The second-order valence-electron chi connectivity index (χ2n) is 5.17. The molecule has 0 saturated carbocycles. The fraction of sp³-hybridized carbons (Fsp3) is 0.250. The number of hydrogen-bond donors (Lipinski definition) is 2. The zero-order valence-electron chi connectivity index (χ0n) is 12.3. The second kappa shape index (κ2) is 6.97. The molecule has 0 saturated heterocycles. The first-order valence-corrected chi connectivity index (χ1v) is 6.78. The summed E-state index contributed by atoms with van der Waals surface area (Å²) in [5.41, 5.74) is 6.00. The van der Waals surface area contributed by atoms with Gasteiger partial charge in [0, 0.05) is 19.3 Å². The molecular weight excluding hydrogens is 264 g/mol. The Bertz CT molecular complexity index is 610. The van der Waals surface area contributed by atoms with E-state index in [1.54, 1.807) is 6.07 Å². The minimum atomic E-state index is -0.331. The zero-order valence-corrected chi connectivity index (χ0v) is 12.3. The number of nitrogens with two attached hydrogens (primary N) is 1. The predicted octanol–water partition coefficient (Wildman–Crippen LogP) is 1.63. The van der Waals surface area contributed by atoms with Crippen molar-refractivity contribution in [2.24, 2.45) is 5.84 Å². The van der Waals surface area contributed by atoms with Crippen molar-refractivity contribution in [2.45, 2.75) is 20.0 Å². The molecule has 0 aliphatic heterocycles. The van der Waals surface area contributed by atoms with E-state index in [4.69, 9.17) is 5.84 Å². The van der Waals surface area contributed by atoms with Gasteiger partial charge in [0.2, 0.25) is 0 Å². The summed E-state index contributed by atoms with van der Waals surface area (Å²) >= 11 is 0. The first kappa shape index (κ1) is 15.2. The van der Waals surface area contributed by atoms with E-state index in [-0.39, 0.29) is 5.91 Å². The summed E-state index contributed by atoms with van der Waals surface area (Å²) < 4.78 is 0. The third kappa shape index (κ3) is 4.37. The molecule has 3 N–H and O–H groups in total. The monoisotopic (exact) mass is 284 g/mol. The predicted molar refractivity (Wildman–Crippen MR) is 82.2 cm³/mol. The topological polar surface area (TPSA) is 71.2 Å². The minimum absolute atomic E-state index is 0.331. The molecule has 2 rings (SSSR count). The highest BCUT2D eigenvalue weighted by molar-refractivity contribution is 5.93. The summed E-state index contributed by atoms with van der Waals surface area (Å²) in [6, 6.07) is 12.0. The van der Waals surface area contributed by atoms with Gasteiger partial charge in [-0.25, -0.2) is 5.84 Å². The van der Waals surface area contributed by atoms with E-state index in [1.165, 1.54) is 17.3 Å². The van der Waals surface area contributed by atoms with Crippen LogP contribution in [-0.4, -0.2) is 22.8 Å². The molecule has 5 heteroatoms.